The highest BCUT2D eigenvalue weighted by Crippen LogP contribution is 2.34. The van der Waals surface area contributed by atoms with Crippen molar-refractivity contribution < 1.29 is 21.6 Å². The van der Waals surface area contributed by atoms with Crippen LogP contribution in [0.4, 0.5) is 0 Å². The van der Waals surface area contributed by atoms with E-state index in [4.69, 9.17) is 4.74 Å². The van der Waals surface area contributed by atoms with Gasteiger partial charge in [-0.2, -0.15) is 0 Å². The molecule has 25 heavy (non-hydrogen) atoms. The second-order valence-electron chi connectivity index (χ2n) is 5.21. The lowest BCUT2D eigenvalue weighted by Crippen LogP contribution is -2.16. The average molecular weight is 394 g/mol. The fraction of sp³-hybridized carbons (Fsp3) is 0.0588. The Hall–Kier alpha value is -2.03. The maximum Gasteiger partial charge on any atom is 0.287 e. The summed E-state index contributed by atoms with van der Waals surface area (Å²) in [5.74, 6) is 0.464. The summed E-state index contributed by atoms with van der Waals surface area (Å²) >= 11 is 4.08. The molecule has 0 aliphatic heterocycles. The first-order chi connectivity index (χ1) is 11.8. The van der Waals surface area contributed by atoms with Gasteiger partial charge in [0.25, 0.3) is 17.7 Å². The standard InChI is InChI=1S/C17H14O5S3/c1-22-16-10-11-17(15-5-3-2-4-14(15)16)25(20,21)24(18,19)13-8-6-12(23)7-9-13/h2-11,23H,1H3. The molecule has 0 aliphatic rings. The normalized spacial score (nSPS) is 12.2. The van der Waals surface area contributed by atoms with Crippen molar-refractivity contribution in [3.8, 4) is 5.75 Å². The van der Waals surface area contributed by atoms with Gasteiger partial charge < -0.3 is 4.74 Å². The van der Waals surface area contributed by atoms with Crippen LogP contribution in [0.3, 0.4) is 0 Å². The minimum Gasteiger partial charge on any atom is -0.496 e. The first-order valence-corrected chi connectivity index (χ1v) is 11.1. The van der Waals surface area contributed by atoms with Crippen LogP contribution >= 0.6 is 12.6 Å². The quantitative estimate of drug-likeness (QED) is 0.543. The first kappa shape index (κ1) is 17.8. The van der Waals surface area contributed by atoms with E-state index in [1.54, 1.807) is 24.3 Å². The van der Waals surface area contributed by atoms with Crippen LogP contribution in [-0.2, 0) is 17.7 Å². The molecule has 0 radical (unpaired) electrons. The van der Waals surface area contributed by atoms with Gasteiger partial charge in [-0.3, -0.25) is 0 Å². The number of ether oxygens (including phenoxy) is 1. The van der Waals surface area contributed by atoms with Crippen molar-refractivity contribution in [2.45, 2.75) is 14.7 Å². The zero-order chi connectivity index (χ0) is 18.2. The monoisotopic (exact) mass is 394 g/mol. The maximum atomic E-state index is 12.9. The Bertz CT molecular complexity index is 1150. The Balaban J connectivity index is 2.28. The van der Waals surface area contributed by atoms with Gasteiger partial charge in [0.1, 0.15) is 5.75 Å². The molecule has 3 aromatic carbocycles. The minimum absolute atomic E-state index is 0.279. The summed E-state index contributed by atoms with van der Waals surface area (Å²) in [5.41, 5.74) is 0. The SMILES string of the molecule is COc1ccc(S(=O)(=O)S(=O)(=O)c2ccc(S)cc2)c2ccccc12. The Morgan fingerprint density at radius 3 is 1.96 bits per heavy atom. The number of thiol groups is 1. The lowest BCUT2D eigenvalue weighted by atomic mass is 10.1. The highest BCUT2D eigenvalue weighted by molar-refractivity contribution is 8.67. The average Bonchev–Trinajstić information content (AvgIpc) is 2.60. The molecule has 3 rings (SSSR count). The number of hydrogen-bond acceptors (Lipinski definition) is 6. The van der Waals surface area contributed by atoms with Crippen molar-refractivity contribution in [2.75, 3.05) is 7.11 Å². The van der Waals surface area contributed by atoms with Crippen LogP contribution in [0.25, 0.3) is 10.8 Å². The van der Waals surface area contributed by atoms with E-state index < -0.39 is 17.7 Å². The van der Waals surface area contributed by atoms with Gasteiger partial charge in [0.15, 0.2) is 0 Å². The van der Waals surface area contributed by atoms with Crippen LogP contribution in [0.5, 0.6) is 5.75 Å². The molecule has 0 N–H and O–H groups in total. The van der Waals surface area contributed by atoms with Crippen LogP contribution in [0.15, 0.2) is 75.4 Å². The first-order valence-electron chi connectivity index (χ1n) is 7.14. The molecule has 130 valence electrons. The Labute approximate surface area is 150 Å². The maximum absolute atomic E-state index is 12.9. The van der Waals surface area contributed by atoms with Crippen LogP contribution in [0.1, 0.15) is 0 Å². The molecule has 3 aromatic rings. The van der Waals surface area contributed by atoms with E-state index in [2.05, 4.69) is 12.6 Å². The molecule has 0 bridgehead atoms. The third-order valence-corrected chi connectivity index (χ3v) is 9.22. The van der Waals surface area contributed by atoms with Gasteiger partial charge in [-0.25, -0.2) is 16.8 Å². The van der Waals surface area contributed by atoms with E-state index >= 15 is 0 Å². The van der Waals surface area contributed by atoms with Crippen LogP contribution < -0.4 is 4.74 Å². The highest BCUT2D eigenvalue weighted by atomic mass is 33.2. The van der Waals surface area contributed by atoms with Crippen molar-refractivity contribution in [1.82, 2.24) is 0 Å². The smallest absolute Gasteiger partial charge is 0.287 e. The molecule has 0 unspecified atom stereocenters. The van der Waals surface area contributed by atoms with Crippen molar-refractivity contribution in [1.29, 1.82) is 0 Å². The van der Waals surface area contributed by atoms with Crippen molar-refractivity contribution in [3.63, 3.8) is 0 Å². The predicted molar refractivity (Wildman–Crippen MR) is 98.6 cm³/mol. The molecule has 0 heterocycles. The number of hydrogen-bond donors (Lipinski definition) is 1. The molecule has 0 amide bonds. The van der Waals surface area contributed by atoms with Gasteiger partial charge in [-0.1, -0.05) is 24.3 Å². The third-order valence-electron chi connectivity index (χ3n) is 3.75. The number of rotatable bonds is 4. The highest BCUT2D eigenvalue weighted by Gasteiger charge is 2.35. The summed E-state index contributed by atoms with van der Waals surface area (Å²) in [4.78, 5) is -0.0460. The Kier molecular flexibility index (Phi) is 4.52. The minimum atomic E-state index is -4.66. The van der Waals surface area contributed by atoms with Crippen molar-refractivity contribution in [2.24, 2.45) is 0 Å². The topological polar surface area (TPSA) is 77.5 Å². The molecule has 5 nitrogen and oxygen atoms in total. The van der Waals surface area contributed by atoms with E-state index in [9.17, 15) is 16.8 Å². The summed E-state index contributed by atoms with van der Waals surface area (Å²) in [7, 11) is -7.82. The van der Waals surface area contributed by atoms with E-state index in [1.165, 1.54) is 43.5 Å². The van der Waals surface area contributed by atoms with Crippen molar-refractivity contribution in [3.05, 3.63) is 60.7 Å². The fourth-order valence-corrected chi connectivity index (χ4v) is 6.53. The zero-order valence-electron chi connectivity index (χ0n) is 13.1. The molecular formula is C17H14O5S3. The second kappa shape index (κ2) is 6.36. The molecule has 0 aromatic heterocycles. The molecule has 0 spiro atoms. The van der Waals surface area contributed by atoms with E-state index in [0.717, 1.165) is 0 Å². The lowest BCUT2D eigenvalue weighted by molar-refractivity contribution is 0.419. The molecule has 0 atom stereocenters. The van der Waals surface area contributed by atoms with Gasteiger partial charge in [-0.15, -0.1) is 12.6 Å². The van der Waals surface area contributed by atoms with E-state index in [0.29, 0.717) is 16.0 Å². The largest absolute Gasteiger partial charge is 0.496 e. The van der Waals surface area contributed by atoms with Gasteiger partial charge in [0, 0.05) is 15.7 Å². The van der Waals surface area contributed by atoms with Gasteiger partial charge >= 0.3 is 0 Å². The van der Waals surface area contributed by atoms with Crippen LogP contribution in [0, 0.1) is 0 Å². The molecule has 0 fully saturated rings. The molecule has 0 aliphatic carbocycles. The van der Waals surface area contributed by atoms with Gasteiger partial charge in [-0.05, 0) is 36.4 Å². The summed E-state index contributed by atoms with van der Waals surface area (Å²) in [5, 5.41) is 0.809. The number of methoxy groups -OCH3 is 1. The fourth-order valence-electron chi connectivity index (χ4n) is 2.50. The Morgan fingerprint density at radius 2 is 1.36 bits per heavy atom. The molecule has 0 saturated carbocycles. The van der Waals surface area contributed by atoms with Crippen molar-refractivity contribution >= 4 is 41.1 Å². The van der Waals surface area contributed by atoms with E-state index in [-0.39, 0.29) is 15.2 Å². The van der Waals surface area contributed by atoms with Gasteiger partial charge in [0.05, 0.1) is 16.9 Å². The van der Waals surface area contributed by atoms with Crippen LogP contribution in [0.2, 0.25) is 0 Å². The predicted octanol–water partition coefficient (Wildman–Crippen LogP) is 3.30. The second-order valence-corrected chi connectivity index (χ2v) is 11.1. The number of fused-ring (bicyclic) bond motifs is 1. The Morgan fingerprint density at radius 1 is 0.760 bits per heavy atom. The third kappa shape index (κ3) is 2.90. The number of benzene rings is 3. The summed E-state index contributed by atoms with van der Waals surface area (Å²) in [6.45, 7) is 0. The lowest BCUT2D eigenvalue weighted by Gasteiger charge is -2.12. The molecule has 8 heteroatoms. The summed E-state index contributed by atoms with van der Waals surface area (Å²) < 4.78 is 56.5. The van der Waals surface area contributed by atoms with Crippen LogP contribution in [-0.4, -0.2) is 23.9 Å². The zero-order valence-corrected chi connectivity index (χ0v) is 15.6. The van der Waals surface area contributed by atoms with Gasteiger partial charge in [0.2, 0.25) is 0 Å². The van der Waals surface area contributed by atoms with E-state index in [1.807, 2.05) is 0 Å². The molecular weight excluding hydrogens is 380 g/mol. The summed E-state index contributed by atoms with van der Waals surface area (Å²) in [6, 6.07) is 14.6. The molecule has 0 saturated heterocycles. The summed E-state index contributed by atoms with van der Waals surface area (Å²) in [6.07, 6.45) is 0.